The van der Waals surface area contributed by atoms with E-state index in [-0.39, 0.29) is 99.6 Å². The van der Waals surface area contributed by atoms with Gasteiger partial charge in [0.2, 0.25) is 0 Å². The summed E-state index contributed by atoms with van der Waals surface area (Å²) in [5.41, 5.74) is 0. The van der Waals surface area contributed by atoms with Crippen molar-refractivity contribution < 1.29 is 125 Å². The van der Waals surface area contributed by atoms with E-state index in [0.717, 1.165) is 32.8 Å². The zero-order valence-corrected chi connectivity index (χ0v) is 21.6. The summed E-state index contributed by atoms with van der Waals surface area (Å²) in [5, 5.41) is 0. The fraction of sp³-hybridized carbons (Fsp3) is 1.00. The number of hydrogen-bond donors (Lipinski definition) is 2. The number of phosphoric ester groups is 1. The summed E-state index contributed by atoms with van der Waals surface area (Å²) in [4.78, 5) is 17.1. The number of rotatable bonds is 11. The normalized spacial score (nSPS) is 13.3. The Morgan fingerprint density at radius 1 is 0.952 bits per heavy atom. The predicted octanol–water partition coefficient (Wildman–Crippen LogP) is -5.42. The van der Waals surface area contributed by atoms with Crippen LogP contribution in [0.4, 0.5) is 0 Å². The molecule has 0 heterocycles. The maximum atomic E-state index is 11.6. The van der Waals surface area contributed by atoms with Crippen LogP contribution in [0, 0.1) is 0 Å². The third kappa shape index (κ3) is 21.2. The van der Waals surface area contributed by atoms with Crippen LogP contribution in [0.15, 0.2) is 0 Å². The van der Waals surface area contributed by atoms with Crippen LogP contribution >= 0.6 is 15.6 Å². The van der Waals surface area contributed by atoms with Crippen LogP contribution in [0.2, 0.25) is 0 Å². The first-order valence-electron chi connectivity index (χ1n) is 5.90. The molecule has 0 aliphatic heterocycles. The monoisotopic (exact) mass is 376 g/mol. The standard InChI is InChI=1S/C9H22O7P2.3Na.3H/c1-3-4-5-6-7-8-9-15-18(13,14-2)16-17(10,11)12;;;;;;/h3-9H2,1-2H3,(H2,10,11,12);;;;;;/q;3*+1;3*-1. The van der Waals surface area contributed by atoms with Crippen LogP contribution < -0.4 is 88.7 Å². The number of hydrogen-bond acceptors (Lipinski definition) is 5. The van der Waals surface area contributed by atoms with Gasteiger partial charge in [0.1, 0.15) is 0 Å². The summed E-state index contributed by atoms with van der Waals surface area (Å²) < 4.78 is 35.3. The Kier molecular flexibility index (Phi) is 27.5. The van der Waals surface area contributed by atoms with Crippen LogP contribution in [0.25, 0.3) is 0 Å². The molecule has 1 unspecified atom stereocenters. The molecule has 0 saturated heterocycles. The minimum absolute atomic E-state index is 0. The third-order valence-corrected chi connectivity index (χ3v) is 4.77. The molecule has 0 rings (SSSR count). The Morgan fingerprint density at radius 2 is 1.43 bits per heavy atom. The topological polar surface area (TPSA) is 102 Å². The maximum Gasteiger partial charge on any atom is 1.00 e. The Morgan fingerprint density at radius 3 is 1.86 bits per heavy atom. The van der Waals surface area contributed by atoms with Gasteiger partial charge in [0.15, 0.2) is 0 Å². The van der Waals surface area contributed by atoms with E-state index >= 15 is 0 Å². The summed E-state index contributed by atoms with van der Waals surface area (Å²) in [6, 6.07) is 0. The fourth-order valence-electron chi connectivity index (χ4n) is 1.30. The summed E-state index contributed by atoms with van der Waals surface area (Å²) in [7, 11) is -8.02. The minimum atomic E-state index is -4.89. The number of unbranched alkanes of at least 4 members (excludes halogenated alkanes) is 5. The number of phosphoric acid groups is 2. The van der Waals surface area contributed by atoms with Gasteiger partial charge < -0.3 is 14.1 Å². The molecule has 0 aromatic rings. The van der Waals surface area contributed by atoms with Gasteiger partial charge in [0.25, 0.3) is 0 Å². The van der Waals surface area contributed by atoms with E-state index in [9.17, 15) is 9.13 Å². The fourth-order valence-corrected chi connectivity index (χ4v) is 3.25. The van der Waals surface area contributed by atoms with Crippen molar-refractivity contribution in [3.05, 3.63) is 0 Å². The second-order valence-electron chi connectivity index (χ2n) is 3.80. The molecule has 0 bridgehead atoms. The Balaban J connectivity index is -0.0000000963. The van der Waals surface area contributed by atoms with E-state index < -0.39 is 15.6 Å². The van der Waals surface area contributed by atoms with Crippen LogP contribution in [-0.4, -0.2) is 23.5 Å². The van der Waals surface area contributed by atoms with Crippen molar-refractivity contribution in [3.8, 4) is 0 Å². The molecule has 0 aliphatic carbocycles. The van der Waals surface area contributed by atoms with E-state index in [1.165, 1.54) is 6.42 Å². The first-order chi connectivity index (χ1) is 8.33. The molecular formula is C9H25Na3O7P2. The molecule has 0 saturated carbocycles. The van der Waals surface area contributed by atoms with E-state index in [1.54, 1.807) is 0 Å². The van der Waals surface area contributed by atoms with Crippen LogP contribution in [0.1, 0.15) is 49.7 Å². The molecule has 116 valence electrons. The van der Waals surface area contributed by atoms with Crippen molar-refractivity contribution in [2.75, 3.05) is 13.7 Å². The van der Waals surface area contributed by atoms with Crippen molar-refractivity contribution in [2.24, 2.45) is 0 Å². The van der Waals surface area contributed by atoms with Crippen molar-refractivity contribution >= 4 is 15.6 Å². The zero-order valence-electron chi connectivity index (χ0n) is 16.8. The molecule has 0 radical (unpaired) electrons. The molecule has 12 heteroatoms. The summed E-state index contributed by atoms with van der Waals surface area (Å²) in [6.07, 6.45) is 6.07. The van der Waals surface area contributed by atoms with Crippen LogP contribution in [0.5, 0.6) is 0 Å². The quantitative estimate of drug-likeness (QED) is 0.211. The molecule has 0 aromatic carbocycles. The molecule has 7 nitrogen and oxygen atoms in total. The SMILES string of the molecule is CCCCCCCCOP(=O)(OC)OP(=O)(O)O.[H-].[H-].[H-].[Na+].[Na+].[Na+]. The smallest absolute Gasteiger partial charge is 1.00 e. The van der Waals surface area contributed by atoms with Gasteiger partial charge in [0.05, 0.1) is 6.61 Å². The molecule has 0 fully saturated rings. The van der Waals surface area contributed by atoms with E-state index in [0.29, 0.717) is 6.42 Å². The second kappa shape index (κ2) is 18.1. The van der Waals surface area contributed by atoms with Crippen molar-refractivity contribution in [1.82, 2.24) is 0 Å². The Labute approximate surface area is 197 Å². The molecular weight excluding hydrogens is 351 g/mol. The predicted molar refractivity (Wildman–Crippen MR) is 70.4 cm³/mol. The van der Waals surface area contributed by atoms with Gasteiger partial charge in [-0.2, -0.15) is 4.31 Å². The molecule has 0 aromatic heterocycles. The van der Waals surface area contributed by atoms with Gasteiger partial charge in [-0.25, -0.2) is 9.13 Å². The van der Waals surface area contributed by atoms with E-state index in [1.807, 2.05) is 0 Å². The molecule has 0 spiro atoms. The average molecular weight is 376 g/mol. The van der Waals surface area contributed by atoms with Crippen molar-refractivity contribution in [2.45, 2.75) is 45.4 Å². The Hall–Kier alpha value is 3.26. The largest absolute Gasteiger partial charge is 1.00 e. The van der Waals surface area contributed by atoms with Gasteiger partial charge in [-0.15, -0.1) is 0 Å². The maximum absolute atomic E-state index is 11.6. The third-order valence-electron chi connectivity index (χ3n) is 2.18. The van der Waals surface area contributed by atoms with Crippen LogP contribution in [-0.2, 0) is 22.5 Å². The van der Waals surface area contributed by atoms with Gasteiger partial charge in [-0.3, -0.25) is 9.05 Å². The average Bonchev–Trinajstić information content (AvgIpc) is 2.25. The summed E-state index contributed by atoms with van der Waals surface area (Å²) in [5.74, 6) is 0. The van der Waals surface area contributed by atoms with E-state index in [4.69, 9.17) is 14.3 Å². The van der Waals surface area contributed by atoms with Gasteiger partial charge in [-0.1, -0.05) is 39.0 Å². The zero-order chi connectivity index (χ0) is 14.1. The molecule has 2 N–H and O–H groups in total. The first kappa shape index (κ1) is 32.0. The van der Waals surface area contributed by atoms with Gasteiger partial charge >= 0.3 is 104 Å². The second-order valence-corrected chi connectivity index (χ2v) is 6.96. The van der Waals surface area contributed by atoms with Crippen molar-refractivity contribution in [3.63, 3.8) is 0 Å². The molecule has 0 aliphatic rings. The molecule has 21 heavy (non-hydrogen) atoms. The molecule has 1 atom stereocenters. The first-order valence-corrected chi connectivity index (χ1v) is 8.89. The molecule has 0 amide bonds. The minimum Gasteiger partial charge on any atom is -1.00 e. The van der Waals surface area contributed by atoms with Crippen molar-refractivity contribution in [1.29, 1.82) is 0 Å². The van der Waals surface area contributed by atoms with Gasteiger partial charge in [0, 0.05) is 7.11 Å². The van der Waals surface area contributed by atoms with Gasteiger partial charge in [-0.05, 0) is 6.42 Å². The van der Waals surface area contributed by atoms with Crippen LogP contribution in [0.3, 0.4) is 0 Å². The summed E-state index contributed by atoms with van der Waals surface area (Å²) in [6.45, 7) is 2.20. The Bertz CT molecular complexity index is 327. The summed E-state index contributed by atoms with van der Waals surface area (Å²) >= 11 is 0. The van der Waals surface area contributed by atoms with E-state index in [2.05, 4.69) is 15.8 Å².